The van der Waals surface area contributed by atoms with Crippen molar-refractivity contribution in [1.29, 1.82) is 0 Å². The van der Waals surface area contributed by atoms with Crippen molar-refractivity contribution in [3.8, 4) is 0 Å². The molecule has 3 rings (SSSR count). The second kappa shape index (κ2) is 9.56. The van der Waals surface area contributed by atoms with Gasteiger partial charge in [0.25, 0.3) is 0 Å². The van der Waals surface area contributed by atoms with Crippen LogP contribution in [0.4, 0.5) is 0 Å². The van der Waals surface area contributed by atoms with Crippen LogP contribution in [0.25, 0.3) is 16.8 Å². The van der Waals surface area contributed by atoms with Crippen LogP contribution in [0.15, 0.2) is 65.8 Å². The molecule has 0 aliphatic heterocycles. The molecule has 0 atom stereocenters. The zero-order chi connectivity index (χ0) is 21.7. The van der Waals surface area contributed by atoms with E-state index in [1.165, 1.54) is 33.0 Å². The van der Waals surface area contributed by atoms with E-state index in [0.717, 1.165) is 6.42 Å². The molecule has 0 unspecified atom stereocenters. The maximum atomic E-state index is 5.56. The molecule has 2 aromatic rings. The Kier molecular flexibility index (Phi) is 7.62. The molecule has 1 aliphatic carbocycles. The van der Waals surface area contributed by atoms with Gasteiger partial charge in [-0.2, -0.15) is 0 Å². The van der Waals surface area contributed by atoms with Gasteiger partial charge in [-0.15, -0.1) is 0 Å². The highest BCUT2D eigenvalue weighted by Gasteiger charge is 2.24. The largest absolute Gasteiger partial charge is 0.230 e. The fourth-order valence-electron chi connectivity index (χ4n) is 3.52. The highest BCUT2D eigenvalue weighted by atomic mass is 17.2. The van der Waals surface area contributed by atoms with Crippen molar-refractivity contribution in [2.45, 2.75) is 73.0 Å². The second-order valence-electron chi connectivity index (χ2n) is 9.38. The Hall–Kier alpha value is -2.16. The molecule has 156 valence electrons. The normalized spacial score (nSPS) is 12.8. The number of hydrogen-bond donors (Lipinski definition) is 0. The van der Waals surface area contributed by atoms with E-state index < -0.39 is 5.60 Å². The third-order valence-corrected chi connectivity index (χ3v) is 4.28. The second-order valence-corrected chi connectivity index (χ2v) is 9.38. The fourth-order valence-corrected chi connectivity index (χ4v) is 3.52. The molecule has 0 aromatic heterocycles. The zero-order valence-corrected chi connectivity index (χ0v) is 19.3. The molecular formula is C27H36O2. The highest BCUT2D eigenvalue weighted by Crippen LogP contribution is 2.28. The molecule has 2 nitrogen and oxygen atoms in total. The summed E-state index contributed by atoms with van der Waals surface area (Å²) in [7, 11) is 0. The van der Waals surface area contributed by atoms with Gasteiger partial charge in [0, 0.05) is 0 Å². The third-order valence-electron chi connectivity index (χ3n) is 4.28. The molecular weight excluding hydrogens is 356 g/mol. The van der Waals surface area contributed by atoms with Gasteiger partial charge in [0.1, 0.15) is 5.60 Å². The van der Waals surface area contributed by atoms with E-state index in [1.807, 2.05) is 27.7 Å². The van der Waals surface area contributed by atoms with Crippen molar-refractivity contribution in [1.82, 2.24) is 0 Å². The average Bonchev–Trinajstić information content (AvgIpc) is 2.60. The van der Waals surface area contributed by atoms with Crippen LogP contribution < -0.4 is 0 Å². The van der Waals surface area contributed by atoms with E-state index in [9.17, 15) is 0 Å². The first-order valence-corrected chi connectivity index (χ1v) is 10.4. The van der Waals surface area contributed by atoms with E-state index in [2.05, 4.69) is 88.4 Å². The minimum absolute atomic E-state index is 0.299. The summed E-state index contributed by atoms with van der Waals surface area (Å²) in [5, 5.41) is 2.80. The standard InChI is InChI=1S/C14H26O2.C13H10/c1-11(2)9-14(8,10-12(3)4)16-15-13(5,6)7;1-4-10-6-2-8-12-9-3-7-11(5-1)13(10)12/h9-10H,1-8H3;1-8H,9H2. The maximum Gasteiger partial charge on any atom is 0.137 e. The number of benzene rings is 2. The third kappa shape index (κ3) is 7.30. The van der Waals surface area contributed by atoms with E-state index in [1.54, 1.807) is 0 Å². The van der Waals surface area contributed by atoms with Crippen molar-refractivity contribution >= 4 is 16.8 Å². The molecule has 0 spiro atoms. The van der Waals surface area contributed by atoms with Crippen LogP contribution in [0, 0.1) is 0 Å². The van der Waals surface area contributed by atoms with Crippen LogP contribution in [-0.4, -0.2) is 11.2 Å². The summed E-state index contributed by atoms with van der Waals surface area (Å²) in [6.07, 6.45) is 9.65. The van der Waals surface area contributed by atoms with Gasteiger partial charge in [-0.1, -0.05) is 59.7 Å². The summed E-state index contributed by atoms with van der Waals surface area (Å²) in [4.78, 5) is 11.0. The molecule has 0 saturated heterocycles. The van der Waals surface area contributed by atoms with E-state index >= 15 is 0 Å². The van der Waals surface area contributed by atoms with Crippen LogP contribution in [0.5, 0.6) is 0 Å². The first-order chi connectivity index (χ1) is 13.5. The monoisotopic (exact) mass is 392 g/mol. The van der Waals surface area contributed by atoms with Crippen LogP contribution >= 0.6 is 0 Å². The summed E-state index contributed by atoms with van der Waals surface area (Å²) in [5.41, 5.74) is 4.43. The van der Waals surface area contributed by atoms with Crippen molar-refractivity contribution < 1.29 is 9.78 Å². The van der Waals surface area contributed by atoms with Crippen LogP contribution in [0.3, 0.4) is 0 Å². The topological polar surface area (TPSA) is 18.5 Å². The van der Waals surface area contributed by atoms with Gasteiger partial charge in [0.15, 0.2) is 0 Å². The number of allylic oxidation sites excluding steroid dienone is 3. The lowest BCUT2D eigenvalue weighted by molar-refractivity contribution is -0.380. The highest BCUT2D eigenvalue weighted by molar-refractivity contribution is 5.94. The predicted octanol–water partition coefficient (Wildman–Crippen LogP) is 7.83. The Morgan fingerprint density at radius 1 is 0.828 bits per heavy atom. The van der Waals surface area contributed by atoms with E-state index in [0.29, 0.717) is 0 Å². The lowest BCUT2D eigenvalue weighted by Crippen LogP contribution is -2.30. The molecule has 1 aliphatic rings. The first kappa shape index (κ1) is 23.1. The average molecular weight is 393 g/mol. The first-order valence-electron chi connectivity index (χ1n) is 10.4. The van der Waals surface area contributed by atoms with Gasteiger partial charge in [-0.3, -0.25) is 0 Å². The summed E-state index contributed by atoms with van der Waals surface area (Å²) in [6.45, 7) is 16.1. The lowest BCUT2D eigenvalue weighted by Gasteiger charge is -2.28. The van der Waals surface area contributed by atoms with Crippen molar-refractivity contribution in [3.05, 3.63) is 76.9 Å². The van der Waals surface area contributed by atoms with Crippen molar-refractivity contribution in [2.75, 3.05) is 0 Å². The Bertz CT molecular complexity index is 892. The summed E-state index contributed by atoms with van der Waals surface area (Å²) >= 11 is 0. The molecule has 0 N–H and O–H groups in total. The fraction of sp³-hybridized carbons (Fsp3) is 0.407. The number of hydrogen-bond acceptors (Lipinski definition) is 2. The quantitative estimate of drug-likeness (QED) is 0.300. The van der Waals surface area contributed by atoms with Crippen LogP contribution in [-0.2, 0) is 16.2 Å². The molecule has 0 amide bonds. The molecule has 0 saturated carbocycles. The molecule has 2 heteroatoms. The molecule has 29 heavy (non-hydrogen) atoms. The molecule has 0 heterocycles. The van der Waals surface area contributed by atoms with Crippen LogP contribution in [0.1, 0.15) is 66.5 Å². The van der Waals surface area contributed by atoms with Gasteiger partial charge in [0.2, 0.25) is 0 Å². The van der Waals surface area contributed by atoms with Gasteiger partial charge < -0.3 is 0 Å². The Morgan fingerprint density at radius 3 is 1.97 bits per heavy atom. The van der Waals surface area contributed by atoms with Gasteiger partial charge >= 0.3 is 0 Å². The SMILES string of the molecule is C1=Cc2cccc3cccc(c23)C1.CC(C)=CC(C)(C=C(C)C)OOC(C)(C)C. The van der Waals surface area contributed by atoms with Gasteiger partial charge in [-0.05, 0) is 95.9 Å². The predicted molar refractivity (Wildman–Crippen MR) is 126 cm³/mol. The van der Waals surface area contributed by atoms with E-state index in [4.69, 9.17) is 9.78 Å². The molecule has 0 bridgehead atoms. The lowest BCUT2D eigenvalue weighted by atomic mass is 9.93. The summed E-state index contributed by atoms with van der Waals surface area (Å²) < 4.78 is 0. The summed E-state index contributed by atoms with van der Waals surface area (Å²) in [6, 6.07) is 13.0. The maximum absolute atomic E-state index is 5.56. The molecule has 0 fully saturated rings. The Labute approximate surface area is 176 Å². The molecule has 2 aromatic carbocycles. The van der Waals surface area contributed by atoms with Gasteiger partial charge in [0.05, 0.1) is 5.60 Å². The Balaban J connectivity index is 0.000000209. The smallest absolute Gasteiger partial charge is 0.137 e. The minimum atomic E-state index is -0.495. The van der Waals surface area contributed by atoms with E-state index in [-0.39, 0.29) is 5.60 Å². The van der Waals surface area contributed by atoms with Gasteiger partial charge in [-0.25, -0.2) is 9.78 Å². The zero-order valence-electron chi connectivity index (χ0n) is 19.3. The Morgan fingerprint density at radius 2 is 1.41 bits per heavy atom. The van der Waals surface area contributed by atoms with Crippen LogP contribution in [0.2, 0.25) is 0 Å². The summed E-state index contributed by atoms with van der Waals surface area (Å²) in [5.74, 6) is 0. The molecule has 0 radical (unpaired) electrons. The van der Waals surface area contributed by atoms with Crippen molar-refractivity contribution in [2.24, 2.45) is 0 Å². The number of rotatable bonds is 4. The van der Waals surface area contributed by atoms with Crippen molar-refractivity contribution in [3.63, 3.8) is 0 Å². The minimum Gasteiger partial charge on any atom is -0.230 e.